The number of para-hydroxylation sites is 1. The molecule has 0 atom stereocenters. The van der Waals surface area contributed by atoms with Crippen molar-refractivity contribution in [2.24, 2.45) is 0 Å². The fourth-order valence-electron chi connectivity index (χ4n) is 2.37. The summed E-state index contributed by atoms with van der Waals surface area (Å²) in [6.45, 7) is 4.77. The highest BCUT2D eigenvalue weighted by molar-refractivity contribution is 5.80. The molecule has 1 heterocycles. The van der Waals surface area contributed by atoms with E-state index in [1.165, 1.54) is 11.1 Å². The van der Waals surface area contributed by atoms with Crippen molar-refractivity contribution < 1.29 is 4.42 Å². The summed E-state index contributed by atoms with van der Waals surface area (Å²) >= 11 is 0. The maximum absolute atomic E-state index is 11.6. The van der Waals surface area contributed by atoms with Crippen LogP contribution in [0.1, 0.15) is 16.7 Å². The van der Waals surface area contributed by atoms with E-state index < -0.39 is 0 Å². The predicted octanol–water partition coefficient (Wildman–Crippen LogP) is 4.02. The Morgan fingerprint density at radius 3 is 2.62 bits per heavy atom. The molecule has 0 aliphatic rings. The highest BCUT2D eigenvalue weighted by Crippen LogP contribution is 2.19. The largest absolute Gasteiger partial charge is 0.423 e. The highest BCUT2D eigenvalue weighted by atomic mass is 16.4. The number of hydrogen-bond acceptors (Lipinski definition) is 3. The molecule has 1 N–H and O–H groups in total. The third kappa shape index (κ3) is 2.82. The second-order valence-electron chi connectivity index (χ2n) is 5.24. The van der Waals surface area contributed by atoms with E-state index >= 15 is 0 Å². The summed E-state index contributed by atoms with van der Waals surface area (Å²) in [5.74, 6) is 0. The minimum atomic E-state index is -0.314. The van der Waals surface area contributed by atoms with Crippen LogP contribution in [-0.4, -0.2) is 0 Å². The molecule has 3 rings (SSSR count). The third-order valence-electron chi connectivity index (χ3n) is 3.73. The van der Waals surface area contributed by atoms with Crippen LogP contribution in [0.5, 0.6) is 0 Å². The molecular formula is C18H17NO2. The van der Waals surface area contributed by atoms with E-state index in [1.807, 2.05) is 24.3 Å². The van der Waals surface area contributed by atoms with Gasteiger partial charge in [-0.1, -0.05) is 24.3 Å². The number of hydrogen-bond donors (Lipinski definition) is 1. The first kappa shape index (κ1) is 13.4. The van der Waals surface area contributed by atoms with Gasteiger partial charge in [0, 0.05) is 23.7 Å². The van der Waals surface area contributed by atoms with Crippen molar-refractivity contribution in [3.8, 4) is 0 Å². The Bertz CT molecular complexity index is 849. The first-order valence-corrected chi connectivity index (χ1v) is 6.96. The molecular weight excluding hydrogens is 262 g/mol. The van der Waals surface area contributed by atoms with Crippen molar-refractivity contribution in [3.63, 3.8) is 0 Å². The standard InChI is InChI=1S/C18H17NO2/c1-12-7-8-15(9-13(12)2)19-11-14-10-18(20)21-17-6-4-3-5-16(14)17/h3-10,19H,11H2,1-2H3. The van der Waals surface area contributed by atoms with Crippen molar-refractivity contribution in [1.82, 2.24) is 0 Å². The van der Waals surface area contributed by atoms with Crippen LogP contribution in [0, 0.1) is 13.8 Å². The molecule has 0 aliphatic carbocycles. The molecule has 3 nitrogen and oxygen atoms in total. The van der Waals surface area contributed by atoms with Crippen LogP contribution in [0.25, 0.3) is 11.0 Å². The summed E-state index contributed by atoms with van der Waals surface area (Å²) < 4.78 is 5.21. The SMILES string of the molecule is Cc1ccc(NCc2cc(=O)oc3ccccc23)cc1C. The first-order valence-electron chi connectivity index (χ1n) is 6.96. The monoisotopic (exact) mass is 279 g/mol. The maximum Gasteiger partial charge on any atom is 0.336 e. The number of nitrogens with one attached hydrogen (secondary N) is 1. The number of benzene rings is 2. The van der Waals surface area contributed by atoms with E-state index in [4.69, 9.17) is 4.42 Å². The van der Waals surface area contributed by atoms with Gasteiger partial charge in [-0.2, -0.15) is 0 Å². The fraction of sp³-hybridized carbons (Fsp3) is 0.167. The number of rotatable bonds is 3. The van der Waals surface area contributed by atoms with Crippen LogP contribution < -0.4 is 10.9 Å². The first-order chi connectivity index (χ1) is 10.1. The molecule has 0 saturated heterocycles. The van der Waals surface area contributed by atoms with Crippen molar-refractivity contribution in [2.45, 2.75) is 20.4 Å². The smallest absolute Gasteiger partial charge is 0.336 e. The van der Waals surface area contributed by atoms with E-state index in [-0.39, 0.29) is 5.63 Å². The normalized spacial score (nSPS) is 10.8. The lowest BCUT2D eigenvalue weighted by Gasteiger charge is -2.10. The quantitative estimate of drug-likeness (QED) is 0.736. The molecule has 0 saturated carbocycles. The van der Waals surface area contributed by atoms with Crippen LogP contribution in [-0.2, 0) is 6.54 Å². The van der Waals surface area contributed by atoms with E-state index in [0.29, 0.717) is 12.1 Å². The van der Waals surface area contributed by atoms with Crippen LogP contribution in [0.2, 0.25) is 0 Å². The van der Waals surface area contributed by atoms with Gasteiger partial charge in [-0.25, -0.2) is 4.79 Å². The number of aryl methyl sites for hydroxylation is 2. The average molecular weight is 279 g/mol. The van der Waals surface area contributed by atoms with Gasteiger partial charge in [-0.15, -0.1) is 0 Å². The molecule has 0 amide bonds. The minimum Gasteiger partial charge on any atom is -0.423 e. The van der Waals surface area contributed by atoms with Crippen molar-refractivity contribution in [3.05, 3.63) is 75.6 Å². The van der Waals surface area contributed by atoms with Crippen LogP contribution in [0.4, 0.5) is 5.69 Å². The molecule has 3 aromatic rings. The lowest BCUT2D eigenvalue weighted by atomic mass is 10.1. The van der Waals surface area contributed by atoms with E-state index in [1.54, 1.807) is 6.07 Å². The molecule has 21 heavy (non-hydrogen) atoms. The van der Waals surface area contributed by atoms with Crippen molar-refractivity contribution in [2.75, 3.05) is 5.32 Å². The van der Waals surface area contributed by atoms with Gasteiger partial charge in [0.25, 0.3) is 0 Å². The Hall–Kier alpha value is -2.55. The summed E-state index contributed by atoms with van der Waals surface area (Å²) in [5, 5.41) is 4.33. The number of fused-ring (bicyclic) bond motifs is 1. The predicted molar refractivity (Wildman–Crippen MR) is 85.7 cm³/mol. The van der Waals surface area contributed by atoms with Crippen molar-refractivity contribution >= 4 is 16.7 Å². The van der Waals surface area contributed by atoms with E-state index in [9.17, 15) is 4.79 Å². The second-order valence-corrected chi connectivity index (χ2v) is 5.24. The zero-order valence-corrected chi connectivity index (χ0v) is 12.1. The lowest BCUT2D eigenvalue weighted by molar-refractivity contribution is 0.559. The third-order valence-corrected chi connectivity index (χ3v) is 3.73. The van der Waals surface area contributed by atoms with Gasteiger partial charge in [0.2, 0.25) is 0 Å². The summed E-state index contributed by atoms with van der Waals surface area (Å²) in [6, 6.07) is 15.4. The Balaban J connectivity index is 1.91. The summed E-state index contributed by atoms with van der Waals surface area (Å²) in [5.41, 5.74) is 4.83. The van der Waals surface area contributed by atoms with Gasteiger partial charge in [0.05, 0.1) is 0 Å². The molecule has 106 valence electrons. The lowest BCUT2D eigenvalue weighted by Crippen LogP contribution is -2.05. The topological polar surface area (TPSA) is 42.2 Å². The Morgan fingerprint density at radius 2 is 1.81 bits per heavy atom. The molecule has 1 aromatic heterocycles. The minimum absolute atomic E-state index is 0.314. The van der Waals surface area contributed by atoms with E-state index in [2.05, 4.69) is 37.4 Å². The summed E-state index contributed by atoms with van der Waals surface area (Å²) in [4.78, 5) is 11.6. The van der Waals surface area contributed by atoms with Gasteiger partial charge in [0.15, 0.2) is 0 Å². The van der Waals surface area contributed by atoms with Gasteiger partial charge in [0.1, 0.15) is 5.58 Å². The second kappa shape index (κ2) is 5.44. The molecule has 0 unspecified atom stereocenters. The Kier molecular flexibility index (Phi) is 3.48. The summed E-state index contributed by atoms with van der Waals surface area (Å²) in [7, 11) is 0. The molecule has 0 aliphatic heterocycles. The molecule has 3 heteroatoms. The molecule has 2 aromatic carbocycles. The van der Waals surface area contributed by atoms with E-state index in [0.717, 1.165) is 16.6 Å². The van der Waals surface area contributed by atoms with Gasteiger partial charge >= 0.3 is 5.63 Å². The molecule has 0 bridgehead atoms. The van der Waals surface area contributed by atoms with Crippen LogP contribution in [0.3, 0.4) is 0 Å². The van der Waals surface area contributed by atoms with Gasteiger partial charge in [-0.05, 0) is 48.7 Å². The van der Waals surface area contributed by atoms with Crippen LogP contribution >= 0.6 is 0 Å². The number of anilines is 1. The van der Waals surface area contributed by atoms with Crippen LogP contribution in [0.15, 0.2) is 57.7 Å². The molecule has 0 spiro atoms. The van der Waals surface area contributed by atoms with Gasteiger partial charge < -0.3 is 9.73 Å². The molecule has 0 fully saturated rings. The Labute approximate surface area is 123 Å². The van der Waals surface area contributed by atoms with Crippen molar-refractivity contribution in [1.29, 1.82) is 0 Å². The zero-order chi connectivity index (χ0) is 14.8. The summed E-state index contributed by atoms with van der Waals surface area (Å²) in [6.07, 6.45) is 0. The average Bonchev–Trinajstić information content (AvgIpc) is 2.48. The fourth-order valence-corrected chi connectivity index (χ4v) is 2.37. The van der Waals surface area contributed by atoms with Gasteiger partial charge in [-0.3, -0.25) is 0 Å². The zero-order valence-electron chi connectivity index (χ0n) is 12.1. The Morgan fingerprint density at radius 1 is 1.00 bits per heavy atom. The molecule has 0 radical (unpaired) electrons. The maximum atomic E-state index is 11.6. The highest BCUT2D eigenvalue weighted by Gasteiger charge is 2.05.